The topological polar surface area (TPSA) is 79.6 Å². The van der Waals surface area contributed by atoms with Crippen molar-refractivity contribution in [3.63, 3.8) is 0 Å². The highest BCUT2D eigenvalue weighted by atomic mass is 32.2. The molecule has 0 aromatic carbocycles. The van der Waals surface area contributed by atoms with Crippen LogP contribution in [0, 0.1) is 0 Å². The Balaban J connectivity index is 2.15. The predicted octanol–water partition coefficient (Wildman–Crippen LogP) is 2.34. The van der Waals surface area contributed by atoms with E-state index in [1.165, 1.54) is 11.5 Å². The maximum Gasteiger partial charge on any atom is 0.153 e. The molecular weight excluding hydrogens is 242 g/mol. The van der Waals surface area contributed by atoms with Crippen LogP contribution >= 0.6 is 23.3 Å². The number of nitrogens with two attached hydrogens (primary N) is 1. The summed E-state index contributed by atoms with van der Waals surface area (Å²) >= 11 is 2.99. The lowest BCUT2D eigenvalue weighted by Gasteiger charge is -2.12. The third-order valence-corrected chi connectivity index (χ3v) is 3.99. The lowest BCUT2D eigenvalue weighted by atomic mass is 10.2. The van der Waals surface area contributed by atoms with Crippen LogP contribution in [0.15, 0.2) is 17.3 Å². The third kappa shape index (κ3) is 2.14. The number of rotatable bonds is 4. The number of hydrogen-bond acceptors (Lipinski definition) is 6. The molecule has 0 aliphatic rings. The summed E-state index contributed by atoms with van der Waals surface area (Å²) in [4.78, 5) is 1.01. The second-order valence-electron chi connectivity index (χ2n) is 3.33. The van der Waals surface area contributed by atoms with Gasteiger partial charge in [-0.3, -0.25) is 5.10 Å². The maximum atomic E-state index is 5.77. The van der Waals surface area contributed by atoms with Crippen LogP contribution in [0.3, 0.4) is 0 Å². The normalized spacial score (nSPS) is 12.6. The molecule has 0 aliphatic heterocycles. The minimum Gasteiger partial charge on any atom is -0.382 e. The average molecular weight is 255 g/mol. The van der Waals surface area contributed by atoms with Gasteiger partial charge in [-0.05, 0) is 24.7 Å². The van der Waals surface area contributed by atoms with E-state index in [0.717, 1.165) is 15.5 Å². The van der Waals surface area contributed by atoms with E-state index >= 15 is 0 Å². The average Bonchev–Trinajstić information content (AvgIpc) is 2.88. The van der Waals surface area contributed by atoms with Crippen LogP contribution in [-0.4, -0.2) is 20.8 Å². The number of aromatic nitrogens is 3. The van der Waals surface area contributed by atoms with Gasteiger partial charge in [-0.15, -0.1) is 11.8 Å². The van der Waals surface area contributed by atoms with Gasteiger partial charge in [-0.2, -0.15) is 9.47 Å². The SMILES string of the molecule is CSc1c(N)nsc1NC(C)c1cn[nH]c1. The van der Waals surface area contributed by atoms with Crippen LogP contribution in [0.1, 0.15) is 18.5 Å². The number of nitrogens with one attached hydrogen (secondary N) is 2. The second-order valence-corrected chi connectivity index (χ2v) is 4.92. The molecule has 1 atom stereocenters. The summed E-state index contributed by atoms with van der Waals surface area (Å²) in [5, 5.41) is 11.1. The highest BCUT2D eigenvalue weighted by Gasteiger charge is 2.13. The summed E-state index contributed by atoms with van der Waals surface area (Å²) in [6.07, 6.45) is 5.68. The molecule has 0 aliphatic carbocycles. The molecule has 0 amide bonds. The van der Waals surface area contributed by atoms with Crippen LogP contribution in [-0.2, 0) is 0 Å². The quantitative estimate of drug-likeness (QED) is 0.731. The van der Waals surface area contributed by atoms with E-state index in [1.807, 2.05) is 12.5 Å². The molecule has 0 saturated heterocycles. The summed E-state index contributed by atoms with van der Waals surface area (Å²) < 4.78 is 4.13. The lowest BCUT2D eigenvalue weighted by Crippen LogP contribution is -2.05. The molecule has 2 aromatic heterocycles. The van der Waals surface area contributed by atoms with Gasteiger partial charge in [0.2, 0.25) is 0 Å². The van der Waals surface area contributed by atoms with Crippen LogP contribution in [0.2, 0.25) is 0 Å². The third-order valence-electron chi connectivity index (χ3n) is 2.25. The molecule has 4 N–H and O–H groups in total. The smallest absolute Gasteiger partial charge is 0.153 e. The minimum absolute atomic E-state index is 0.185. The summed E-state index contributed by atoms with van der Waals surface area (Å²) in [6.45, 7) is 2.07. The molecule has 0 spiro atoms. The largest absolute Gasteiger partial charge is 0.382 e. The fraction of sp³-hybridized carbons (Fsp3) is 0.333. The van der Waals surface area contributed by atoms with Crippen molar-refractivity contribution in [1.82, 2.24) is 14.6 Å². The Bertz CT molecular complexity index is 450. The molecule has 7 heteroatoms. The van der Waals surface area contributed by atoms with Crippen molar-refractivity contribution >= 4 is 34.1 Å². The van der Waals surface area contributed by atoms with Gasteiger partial charge in [0, 0.05) is 11.8 Å². The summed E-state index contributed by atoms with van der Waals surface area (Å²) in [6, 6.07) is 0.185. The number of thioether (sulfide) groups is 1. The van der Waals surface area contributed by atoms with E-state index in [4.69, 9.17) is 5.73 Å². The predicted molar refractivity (Wildman–Crippen MR) is 68.9 cm³/mol. The van der Waals surface area contributed by atoms with Crippen molar-refractivity contribution in [2.24, 2.45) is 0 Å². The molecule has 2 aromatic rings. The first-order chi connectivity index (χ1) is 7.72. The molecule has 0 bridgehead atoms. The zero-order valence-corrected chi connectivity index (χ0v) is 10.7. The molecule has 0 radical (unpaired) electrons. The molecule has 0 fully saturated rings. The number of hydrogen-bond donors (Lipinski definition) is 3. The van der Waals surface area contributed by atoms with Gasteiger partial charge in [0.05, 0.1) is 17.1 Å². The van der Waals surface area contributed by atoms with Crippen molar-refractivity contribution in [1.29, 1.82) is 0 Å². The molecule has 2 heterocycles. The molecule has 86 valence electrons. The zero-order valence-electron chi connectivity index (χ0n) is 9.02. The molecule has 1 unspecified atom stereocenters. The lowest BCUT2D eigenvalue weighted by molar-refractivity contribution is 0.887. The number of aromatic amines is 1. The second kappa shape index (κ2) is 4.75. The van der Waals surface area contributed by atoms with Crippen molar-refractivity contribution in [3.05, 3.63) is 18.0 Å². The van der Waals surface area contributed by atoms with Gasteiger partial charge < -0.3 is 11.1 Å². The van der Waals surface area contributed by atoms with E-state index in [2.05, 4.69) is 26.8 Å². The number of nitrogens with zero attached hydrogens (tertiary/aromatic N) is 2. The van der Waals surface area contributed by atoms with E-state index in [0.29, 0.717) is 5.82 Å². The number of H-pyrrole nitrogens is 1. The number of anilines is 2. The summed E-state index contributed by atoms with van der Waals surface area (Å²) in [7, 11) is 0. The number of nitrogen functional groups attached to an aromatic ring is 1. The first-order valence-electron chi connectivity index (χ1n) is 4.76. The minimum atomic E-state index is 0.185. The fourth-order valence-electron chi connectivity index (χ4n) is 1.36. The molecule has 5 nitrogen and oxygen atoms in total. The Kier molecular flexibility index (Phi) is 3.35. The maximum absolute atomic E-state index is 5.77. The monoisotopic (exact) mass is 255 g/mol. The standard InChI is InChI=1S/C9H13N5S2/c1-5(6-3-11-12-4-6)13-9-7(15-2)8(10)14-16-9/h3-5,13H,1-2H3,(H2,10,14)(H,11,12). The first-order valence-corrected chi connectivity index (χ1v) is 6.76. The van der Waals surface area contributed by atoms with Gasteiger partial charge in [-0.1, -0.05) is 0 Å². The van der Waals surface area contributed by atoms with E-state index in [-0.39, 0.29) is 6.04 Å². The Morgan fingerprint density at radius 3 is 3.06 bits per heavy atom. The van der Waals surface area contributed by atoms with Gasteiger partial charge in [0.15, 0.2) is 5.82 Å². The first kappa shape index (κ1) is 11.3. The van der Waals surface area contributed by atoms with E-state index in [1.54, 1.807) is 18.0 Å². The molecular formula is C9H13N5S2. The van der Waals surface area contributed by atoms with Gasteiger partial charge in [-0.25, -0.2) is 0 Å². The Labute approximate surface area is 102 Å². The fourth-order valence-corrected chi connectivity index (χ4v) is 2.98. The Morgan fingerprint density at radius 2 is 2.44 bits per heavy atom. The highest BCUT2D eigenvalue weighted by molar-refractivity contribution is 7.99. The van der Waals surface area contributed by atoms with Crippen molar-refractivity contribution in [3.8, 4) is 0 Å². The van der Waals surface area contributed by atoms with Crippen molar-refractivity contribution < 1.29 is 0 Å². The van der Waals surface area contributed by atoms with E-state index < -0.39 is 0 Å². The van der Waals surface area contributed by atoms with Gasteiger partial charge >= 0.3 is 0 Å². The van der Waals surface area contributed by atoms with Crippen molar-refractivity contribution in [2.45, 2.75) is 17.9 Å². The van der Waals surface area contributed by atoms with Crippen LogP contribution in [0.5, 0.6) is 0 Å². The highest BCUT2D eigenvalue weighted by Crippen LogP contribution is 2.36. The van der Waals surface area contributed by atoms with Crippen molar-refractivity contribution in [2.75, 3.05) is 17.3 Å². The van der Waals surface area contributed by atoms with Gasteiger partial charge in [0.25, 0.3) is 0 Å². The molecule has 0 saturated carbocycles. The molecule has 2 rings (SSSR count). The zero-order chi connectivity index (χ0) is 11.5. The molecule has 16 heavy (non-hydrogen) atoms. The van der Waals surface area contributed by atoms with Crippen LogP contribution in [0.4, 0.5) is 10.8 Å². The summed E-state index contributed by atoms with van der Waals surface area (Å²) in [5.41, 5.74) is 6.88. The van der Waals surface area contributed by atoms with Gasteiger partial charge in [0.1, 0.15) is 5.00 Å². The Morgan fingerprint density at radius 1 is 1.62 bits per heavy atom. The Hall–Kier alpha value is -1.21. The van der Waals surface area contributed by atoms with Crippen LogP contribution < -0.4 is 11.1 Å². The summed E-state index contributed by atoms with van der Waals surface area (Å²) in [5.74, 6) is 0.597. The van der Waals surface area contributed by atoms with E-state index in [9.17, 15) is 0 Å². The van der Waals surface area contributed by atoms with Crippen LogP contribution in [0.25, 0.3) is 0 Å².